The van der Waals surface area contributed by atoms with Crippen LogP contribution in [0.3, 0.4) is 0 Å². The van der Waals surface area contributed by atoms with Gasteiger partial charge in [0.05, 0.1) is 17.8 Å². The van der Waals surface area contributed by atoms with Gasteiger partial charge in [-0.3, -0.25) is 0 Å². The standard InChI is InChI=1S/C18H17Cl2N3O2/c1-3-24-10-12-5-4-11(2)15(6-12)23-18-22-9-16(25-18)13-7-17(20)21-8-14(13)19/h4-9H,3,10H2,1-2H3,(H,22,23). The molecule has 0 unspecified atom stereocenters. The zero-order chi connectivity index (χ0) is 17.8. The minimum atomic E-state index is 0.338. The second-order valence-corrected chi connectivity index (χ2v) is 6.22. The van der Waals surface area contributed by atoms with Crippen LogP contribution in [0, 0.1) is 6.92 Å². The van der Waals surface area contributed by atoms with Gasteiger partial charge in [-0.05, 0) is 37.1 Å². The van der Waals surface area contributed by atoms with Crippen molar-refractivity contribution in [2.75, 3.05) is 11.9 Å². The molecule has 2 heterocycles. The molecule has 0 spiro atoms. The average Bonchev–Trinajstić information content (AvgIpc) is 3.06. The predicted molar refractivity (Wildman–Crippen MR) is 99.5 cm³/mol. The fourth-order valence-corrected chi connectivity index (χ4v) is 2.64. The van der Waals surface area contributed by atoms with Crippen molar-refractivity contribution in [1.82, 2.24) is 9.97 Å². The number of aromatic nitrogens is 2. The van der Waals surface area contributed by atoms with Gasteiger partial charge in [0.25, 0.3) is 6.01 Å². The molecule has 3 aromatic rings. The number of hydrogen-bond acceptors (Lipinski definition) is 5. The molecule has 0 radical (unpaired) electrons. The summed E-state index contributed by atoms with van der Waals surface area (Å²) in [5.41, 5.74) is 3.70. The summed E-state index contributed by atoms with van der Waals surface area (Å²) in [7, 11) is 0. The van der Waals surface area contributed by atoms with Crippen LogP contribution in [0.1, 0.15) is 18.1 Å². The van der Waals surface area contributed by atoms with Gasteiger partial charge in [-0.1, -0.05) is 35.3 Å². The molecule has 0 fully saturated rings. The second kappa shape index (κ2) is 7.87. The summed E-state index contributed by atoms with van der Waals surface area (Å²) in [6, 6.07) is 8.10. The molecular weight excluding hydrogens is 361 g/mol. The summed E-state index contributed by atoms with van der Waals surface area (Å²) < 4.78 is 11.2. The van der Waals surface area contributed by atoms with E-state index in [1.807, 2.05) is 32.0 Å². The number of halogens is 2. The number of oxazole rings is 1. The minimum Gasteiger partial charge on any atom is -0.423 e. The molecule has 0 aliphatic carbocycles. The molecule has 0 amide bonds. The van der Waals surface area contributed by atoms with Crippen molar-refractivity contribution in [2.24, 2.45) is 0 Å². The van der Waals surface area contributed by atoms with E-state index in [4.69, 9.17) is 32.4 Å². The van der Waals surface area contributed by atoms with Gasteiger partial charge in [0, 0.05) is 24.1 Å². The van der Waals surface area contributed by atoms with Crippen LogP contribution in [0.4, 0.5) is 11.7 Å². The Balaban J connectivity index is 1.83. The molecule has 7 heteroatoms. The van der Waals surface area contributed by atoms with Gasteiger partial charge in [0.15, 0.2) is 5.76 Å². The first-order valence-electron chi connectivity index (χ1n) is 7.78. The number of nitrogens with zero attached hydrogens (tertiary/aromatic N) is 2. The van der Waals surface area contributed by atoms with Gasteiger partial charge in [-0.15, -0.1) is 0 Å². The lowest BCUT2D eigenvalue weighted by Gasteiger charge is -2.09. The SMILES string of the molecule is CCOCc1ccc(C)c(Nc2ncc(-c3cc(Cl)ncc3Cl)o2)c1. The Labute approximate surface area is 156 Å². The molecular formula is C18H17Cl2N3O2. The number of pyridine rings is 1. The summed E-state index contributed by atoms with van der Waals surface area (Å²) in [6.07, 6.45) is 3.08. The van der Waals surface area contributed by atoms with Gasteiger partial charge in [-0.2, -0.15) is 0 Å². The Kier molecular flexibility index (Phi) is 5.58. The third kappa shape index (κ3) is 4.31. The van der Waals surface area contributed by atoms with Crippen molar-refractivity contribution in [3.63, 3.8) is 0 Å². The number of benzene rings is 1. The lowest BCUT2D eigenvalue weighted by Crippen LogP contribution is -1.97. The van der Waals surface area contributed by atoms with Crippen LogP contribution in [0.5, 0.6) is 0 Å². The van der Waals surface area contributed by atoms with Crippen LogP contribution in [0.15, 0.2) is 41.1 Å². The van der Waals surface area contributed by atoms with Gasteiger partial charge >= 0.3 is 0 Å². The fourth-order valence-electron chi connectivity index (χ4n) is 2.29. The van der Waals surface area contributed by atoms with E-state index in [0.717, 1.165) is 16.8 Å². The van der Waals surface area contributed by atoms with Crippen molar-refractivity contribution in [2.45, 2.75) is 20.5 Å². The first-order valence-corrected chi connectivity index (χ1v) is 8.54. The predicted octanol–water partition coefficient (Wildman–Crippen LogP) is 5.63. The number of anilines is 2. The van der Waals surface area contributed by atoms with Crippen molar-refractivity contribution >= 4 is 34.9 Å². The van der Waals surface area contributed by atoms with Crippen molar-refractivity contribution in [1.29, 1.82) is 0 Å². The number of ether oxygens (including phenoxy) is 1. The maximum absolute atomic E-state index is 6.15. The molecule has 0 saturated heterocycles. The summed E-state index contributed by atoms with van der Waals surface area (Å²) >= 11 is 12.1. The molecule has 0 atom stereocenters. The van der Waals surface area contributed by atoms with E-state index >= 15 is 0 Å². The lowest BCUT2D eigenvalue weighted by atomic mass is 10.1. The smallest absolute Gasteiger partial charge is 0.299 e. The highest BCUT2D eigenvalue weighted by Gasteiger charge is 2.12. The Morgan fingerprint density at radius 3 is 2.80 bits per heavy atom. The minimum absolute atomic E-state index is 0.338. The lowest BCUT2D eigenvalue weighted by molar-refractivity contribution is 0.134. The van der Waals surface area contributed by atoms with Gasteiger partial charge in [0.2, 0.25) is 0 Å². The van der Waals surface area contributed by atoms with Crippen molar-refractivity contribution < 1.29 is 9.15 Å². The van der Waals surface area contributed by atoms with Crippen molar-refractivity contribution in [3.05, 3.63) is 58.0 Å². The molecule has 25 heavy (non-hydrogen) atoms. The molecule has 130 valence electrons. The number of hydrogen-bond donors (Lipinski definition) is 1. The molecule has 0 aliphatic heterocycles. The highest BCUT2D eigenvalue weighted by atomic mass is 35.5. The zero-order valence-corrected chi connectivity index (χ0v) is 15.4. The molecule has 3 rings (SSSR count). The largest absolute Gasteiger partial charge is 0.423 e. The highest BCUT2D eigenvalue weighted by Crippen LogP contribution is 2.32. The Morgan fingerprint density at radius 2 is 2.00 bits per heavy atom. The monoisotopic (exact) mass is 377 g/mol. The van der Waals surface area contributed by atoms with Crippen LogP contribution < -0.4 is 5.32 Å². The number of nitrogens with one attached hydrogen (secondary N) is 1. The molecule has 0 aliphatic rings. The third-order valence-corrected chi connectivity index (χ3v) is 4.12. The zero-order valence-electron chi connectivity index (χ0n) is 13.8. The Morgan fingerprint density at radius 1 is 1.16 bits per heavy atom. The first-order chi connectivity index (χ1) is 12.1. The highest BCUT2D eigenvalue weighted by molar-refractivity contribution is 6.34. The number of rotatable bonds is 6. The van der Waals surface area contributed by atoms with Crippen LogP contribution in [0.25, 0.3) is 11.3 Å². The maximum atomic E-state index is 6.15. The normalized spacial score (nSPS) is 10.9. The van der Waals surface area contributed by atoms with Crippen LogP contribution in [-0.4, -0.2) is 16.6 Å². The third-order valence-electron chi connectivity index (χ3n) is 3.61. The van der Waals surface area contributed by atoms with Gasteiger partial charge in [0.1, 0.15) is 5.15 Å². The summed E-state index contributed by atoms with van der Waals surface area (Å²) in [5.74, 6) is 0.514. The van der Waals surface area contributed by atoms with E-state index in [0.29, 0.717) is 40.7 Å². The molecule has 2 aromatic heterocycles. The van der Waals surface area contributed by atoms with E-state index < -0.39 is 0 Å². The van der Waals surface area contributed by atoms with E-state index in [-0.39, 0.29) is 0 Å². The maximum Gasteiger partial charge on any atom is 0.299 e. The van der Waals surface area contributed by atoms with E-state index in [1.54, 1.807) is 12.3 Å². The first kappa shape index (κ1) is 17.7. The van der Waals surface area contributed by atoms with Crippen LogP contribution in [0.2, 0.25) is 10.2 Å². The second-order valence-electron chi connectivity index (χ2n) is 5.43. The van der Waals surface area contributed by atoms with Crippen LogP contribution >= 0.6 is 23.2 Å². The molecule has 5 nitrogen and oxygen atoms in total. The fraction of sp³-hybridized carbons (Fsp3) is 0.222. The summed E-state index contributed by atoms with van der Waals surface area (Å²) in [6.45, 7) is 5.22. The summed E-state index contributed by atoms with van der Waals surface area (Å²) in [4.78, 5) is 8.19. The van der Waals surface area contributed by atoms with Crippen LogP contribution in [-0.2, 0) is 11.3 Å². The molecule has 0 bridgehead atoms. The summed E-state index contributed by atoms with van der Waals surface area (Å²) in [5, 5.41) is 3.97. The Bertz CT molecular complexity index is 881. The van der Waals surface area contributed by atoms with Gasteiger partial charge in [-0.25, -0.2) is 9.97 Å². The topological polar surface area (TPSA) is 60.2 Å². The van der Waals surface area contributed by atoms with E-state index in [9.17, 15) is 0 Å². The molecule has 1 aromatic carbocycles. The molecule has 0 saturated carbocycles. The average molecular weight is 378 g/mol. The van der Waals surface area contributed by atoms with E-state index in [1.165, 1.54) is 6.20 Å². The quantitative estimate of drug-likeness (QED) is 0.563. The number of aryl methyl sites for hydroxylation is 1. The molecule has 1 N–H and O–H groups in total. The van der Waals surface area contributed by atoms with Gasteiger partial charge < -0.3 is 14.5 Å². The van der Waals surface area contributed by atoms with Crippen molar-refractivity contribution in [3.8, 4) is 11.3 Å². The van der Waals surface area contributed by atoms with E-state index in [2.05, 4.69) is 15.3 Å². The Hall–Kier alpha value is -2.08.